The number of ether oxygens (including phenoxy) is 4. The van der Waals surface area contributed by atoms with Crippen LogP contribution < -0.4 is 0 Å². The molecule has 0 saturated carbocycles. The number of methoxy groups -OCH3 is 2. The average molecular weight is 410 g/mol. The second-order valence-electron chi connectivity index (χ2n) is 4.88. The van der Waals surface area contributed by atoms with E-state index >= 15 is 0 Å². The second-order valence-corrected chi connectivity index (χ2v) is 5.76. The number of alkyl halides is 1. The Kier molecular flexibility index (Phi) is 6.81. The second kappa shape index (κ2) is 8.38. The molecule has 4 nitrogen and oxygen atoms in total. The average Bonchev–Trinajstić information content (AvgIpc) is 2.53. The smallest absolute Gasteiger partial charge is 0.183 e. The molecule has 0 N–H and O–H groups in total. The van der Waals surface area contributed by atoms with Crippen molar-refractivity contribution in [3.63, 3.8) is 0 Å². The van der Waals surface area contributed by atoms with E-state index in [1.54, 1.807) is 32.4 Å². The van der Waals surface area contributed by atoms with Gasteiger partial charge in [0.15, 0.2) is 6.29 Å². The van der Waals surface area contributed by atoms with Gasteiger partial charge in [-0.05, 0) is 6.07 Å². The van der Waals surface area contributed by atoms with E-state index in [9.17, 15) is 4.39 Å². The van der Waals surface area contributed by atoms with Gasteiger partial charge in [-0.1, -0.05) is 40.8 Å². The van der Waals surface area contributed by atoms with Crippen molar-refractivity contribution in [2.45, 2.75) is 37.6 Å². The molecule has 1 aromatic rings. The Morgan fingerprint density at radius 1 is 1.24 bits per heavy atom. The quantitative estimate of drug-likeness (QED) is 0.534. The van der Waals surface area contributed by atoms with Crippen molar-refractivity contribution < 1.29 is 23.3 Å². The van der Waals surface area contributed by atoms with Crippen molar-refractivity contribution in [1.29, 1.82) is 0 Å². The van der Waals surface area contributed by atoms with Crippen LogP contribution in [0.3, 0.4) is 0 Å². The summed E-state index contributed by atoms with van der Waals surface area (Å²) < 4.78 is 36.8. The Bertz CT molecular complexity index is 445. The Morgan fingerprint density at radius 3 is 2.62 bits per heavy atom. The van der Waals surface area contributed by atoms with Gasteiger partial charge in [0.25, 0.3) is 0 Å². The molecule has 21 heavy (non-hydrogen) atoms. The predicted molar refractivity (Wildman–Crippen MR) is 84.9 cm³/mol. The maximum Gasteiger partial charge on any atom is 0.183 e. The highest BCUT2D eigenvalue weighted by Crippen LogP contribution is 2.27. The summed E-state index contributed by atoms with van der Waals surface area (Å²) in [6, 6.07) is 6.63. The maximum absolute atomic E-state index is 13.6. The van der Waals surface area contributed by atoms with Gasteiger partial charge in [0, 0.05) is 30.6 Å². The first kappa shape index (κ1) is 17.1. The van der Waals surface area contributed by atoms with Crippen LogP contribution in [-0.4, -0.2) is 43.2 Å². The Balaban J connectivity index is 1.99. The van der Waals surface area contributed by atoms with E-state index < -0.39 is 0 Å². The summed E-state index contributed by atoms with van der Waals surface area (Å²) in [4.78, 5) is 0. The molecule has 1 aliphatic rings. The summed E-state index contributed by atoms with van der Waals surface area (Å²) in [5.41, 5.74) is 0.549. The van der Waals surface area contributed by atoms with E-state index in [-0.39, 0.29) is 37.0 Å². The third-order valence-electron chi connectivity index (χ3n) is 3.59. The molecule has 0 bridgehead atoms. The van der Waals surface area contributed by atoms with E-state index in [2.05, 4.69) is 22.6 Å². The van der Waals surface area contributed by atoms with Crippen molar-refractivity contribution in [2.75, 3.05) is 18.6 Å². The molecule has 1 heterocycles. The fourth-order valence-electron chi connectivity index (χ4n) is 2.38. The number of halogens is 2. The van der Waals surface area contributed by atoms with Gasteiger partial charge in [0.2, 0.25) is 0 Å². The summed E-state index contributed by atoms with van der Waals surface area (Å²) in [5.74, 6) is -0.252. The largest absolute Gasteiger partial charge is 0.376 e. The number of hydrogen-bond acceptors (Lipinski definition) is 4. The fraction of sp³-hybridized carbons (Fsp3) is 0.600. The molecule has 118 valence electrons. The molecule has 2 rings (SSSR count). The van der Waals surface area contributed by atoms with Crippen LogP contribution in [0.25, 0.3) is 0 Å². The molecule has 1 saturated heterocycles. The fourth-order valence-corrected chi connectivity index (χ4v) is 3.15. The predicted octanol–water partition coefficient (Wildman–Crippen LogP) is 2.92. The van der Waals surface area contributed by atoms with Gasteiger partial charge >= 0.3 is 0 Å². The Hall–Kier alpha value is -0.280. The monoisotopic (exact) mass is 410 g/mol. The molecular formula is C15H20FIO4. The summed E-state index contributed by atoms with van der Waals surface area (Å²) in [6.07, 6.45) is -0.133. The van der Waals surface area contributed by atoms with Gasteiger partial charge in [-0.3, -0.25) is 0 Å². The van der Waals surface area contributed by atoms with Gasteiger partial charge in [0.05, 0.1) is 18.8 Å². The van der Waals surface area contributed by atoms with Gasteiger partial charge in [-0.25, -0.2) is 4.39 Å². The zero-order valence-electron chi connectivity index (χ0n) is 12.1. The number of benzene rings is 1. The van der Waals surface area contributed by atoms with Crippen LogP contribution in [0.5, 0.6) is 0 Å². The third kappa shape index (κ3) is 4.35. The lowest BCUT2D eigenvalue weighted by Crippen LogP contribution is -2.50. The molecule has 0 aromatic heterocycles. The van der Waals surface area contributed by atoms with Crippen molar-refractivity contribution in [1.82, 2.24) is 0 Å². The lowest BCUT2D eigenvalue weighted by atomic mass is 10.0. The lowest BCUT2D eigenvalue weighted by Gasteiger charge is -2.39. The van der Waals surface area contributed by atoms with Crippen LogP contribution in [-0.2, 0) is 25.6 Å². The molecular weight excluding hydrogens is 390 g/mol. The molecule has 1 aromatic carbocycles. The minimum Gasteiger partial charge on any atom is -0.376 e. The van der Waals surface area contributed by atoms with Crippen molar-refractivity contribution in [3.05, 3.63) is 35.6 Å². The maximum atomic E-state index is 13.6. The van der Waals surface area contributed by atoms with Crippen LogP contribution in [0, 0.1) is 5.82 Å². The van der Waals surface area contributed by atoms with E-state index in [4.69, 9.17) is 18.9 Å². The molecule has 0 radical (unpaired) electrons. The molecule has 0 spiro atoms. The van der Waals surface area contributed by atoms with Gasteiger partial charge in [0.1, 0.15) is 11.9 Å². The minimum atomic E-state index is -0.386. The van der Waals surface area contributed by atoms with Crippen LogP contribution in [0.15, 0.2) is 24.3 Å². The third-order valence-corrected chi connectivity index (χ3v) is 4.46. The van der Waals surface area contributed by atoms with E-state index in [1.165, 1.54) is 6.07 Å². The molecule has 1 fully saturated rings. The summed E-state index contributed by atoms with van der Waals surface area (Å²) in [7, 11) is 3.22. The van der Waals surface area contributed by atoms with Crippen molar-refractivity contribution in [3.8, 4) is 0 Å². The van der Waals surface area contributed by atoms with Gasteiger partial charge in [-0.15, -0.1) is 0 Å². The standard InChI is InChI=1S/C15H20FIO4/c1-18-13-7-12(14(8-17)21-15(13)19-2)20-9-10-5-3-4-6-11(10)16/h3-6,12-15H,7-9H2,1-2H3/t12-,13+,14+,15-/m0/s1. The summed E-state index contributed by atoms with van der Waals surface area (Å²) >= 11 is 2.25. The van der Waals surface area contributed by atoms with Crippen molar-refractivity contribution in [2.24, 2.45) is 0 Å². The summed E-state index contributed by atoms with van der Waals surface area (Å²) in [6.45, 7) is 0.224. The van der Waals surface area contributed by atoms with Crippen LogP contribution in [0.4, 0.5) is 4.39 Å². The highest BCUT2D eigenvalue weighted by molar-refractivity contribution is 14.1. The highest BCUT2D eigenvalue weighted by Gasteiger charge is 2.38. The molecule has 6 heteroatoms. The van der Waals surface area contributed by atoms with Crippen LogP contribution in [0.2, 0.25) is 0 Å². The molecule has 1 aliphatic heterocycles. The number of rotatable bonds is 6. The first-order valence-electron chi connectivity index (χ1n) is 6.81. The molecule has 0 unspecified atom stereocenters. The van der Waals surface area contributed by atoms with Crippen LogP contribution in [0.1, 0.15) is 12.0 Å². The van der Waals surface area contributed by atoms with Gasteiger partial charge in [-0.2, -0.15) is 0 Å². The van der Waals surface area contributed by atoms with Crippen LogP contribution >= 0.6 is 22.6 Å². The lowest BCUT2D eigenvalue weighted by molar-refractivity contribution is -0.263. The Morgan fingerprint density at radius 2 is 2.00 bits per heavy atom. The minimum absolute atomic E-state index is 0.0891. The van der Waals surface area contributed by atoms with E-state index in [0.29, 0.717) is 12.0 Å². The normalized spacial score (nSPS) is 29.5. The topological polar surface area (TPSA) is 36.9 Å². The zero-order valence-corrected chi connectivity index (χ0v) is 14.3. The first-order chi connectivity index (χ1) is 10.2. The van der Waals surface area contributed by atoms with E-state index in [1.807, 2.05) is 0 Å². The van der Waals surface area contributed by atoms with E-state index in [0.717, 1.165) is 4.43 Å². The first-order valence-corrected chi connectivity index (χ1v) is 8.34. The molecule has 0 aliphatic carbocycles. The van der Waals surface area contributed by atoms with Gasteiger partial charge < -0.3 is 18.9 Å². The Labute approximate surface area is 138 Å². The SMILES string of the molecule is CO[C@H]1O[C@H](CI)[C@@H](OCc2ccccc2F)C[C@H]1OC. The number of hydrogen-bond donors (Lipinski definition) is 0. The van der Waals surface area contributed by atoms with Crippen molar-refractivity contribution >= 4 is 22.6 Å². The summed E-state index contributed by atoms with van der Waals surface area (Å²) in [5, 5.41) is 0. The highest BCUT2D eigenvalue weighted by atomic mass is 127. The zero-order chi connectivity index (χ0) is 15.2. The molecule has 0 amide bonds. The molecule has 4 atom stereocenters.